The maximum absolute atomic E-state index is 12.6. The van der Waals surface area contributed by atoms with Crippen LogP contribution in [0.4, 0.5) is 18.0 Å². The van der Waals surface area contributed by atoms with Gasteiger partial charge in [-0.1, -0.05) is 0 Å². The van der Waals surface area contributed by atoms with Crippen molar-refractivity contribution >= 4 is 18.0 Å². The fraction of sp³-hybridized carbons (Fsp3) is 0.688. The summed E-state index contributed by atoms with van der Waals surface area (Å²) in [5.41, 5.74) is -0.145. The Morgan fingerprint density at radius 1 is 1.23 bits per heavy atom. The lowest BCUT2D eigenvalue weighted by Gasteiger charge is -2.59. The third kappa shape index (κ3) is 4.06. The molecular weight excluding hydrogens is 369 g/mol. The maximum Gasteiger partial charge on any atom is 0.451 e. The summed E-state index contributed by atoms with van der Waals surface area (Å²) in [6.07, 6.45) is -3.62. The minimum atomic E-state index is -4.54. The summed E-state index contributed by atoms with van der Waals surface area (Å²) in [5, 5.41) is 0. The minimum Gasteiger partial charge on any atom is -0.444 e. The smallest absolute Gasteiger partial charge is 0.444 e. The van der Waals surface area contributed by atoms with Crippen molar-refractivity contribution in [1.82, 2.24) is 19.2 Å². The van der Waals surface area contributed by atoms with Gasteiger partial charge in [0.2, 0.25) is 5.82 Å². The Bertz CT molecular complexity index is 706. The van der Waals surface area contributed by atoms with Gasteiger partial charge in [-0.2, -0.15) is 13.2 Å². The molecule has 0 unspecified atom stereocenters. The topological polar surface area (TPSA) is 58.6 Å². The number of carbonyl (C=O) groups excluding carboxylic acids is 1. The van der Waals surface area contributed by atoms with Gasteiger partial charge in [-0.3, -0.25) is 0 Å². The standard InChI is InChI=1S/C16H21F3N4O2S/c1-10-11(5-20-12(21-10)16(17,18)19)26-23-8-15(9-23)6-22(7-15)13(24)25-14(2,3)4/h5H,6-9H2,1-4H3. The van der Waals surface area contributed by atoms with Gasteiger partial charge in [-0.05, 0) is 39.6 Å². The number of hydrogen-bond donors (Lipinski definition) is 0. The summed E-state index contributed by atoms with van der Waals surface area (Å²) in [4.78, 5) is 21.2. The van der Waals surface area contributed by atoms with E-state index in [-0.39, 0.29) is 11.5 Å². The highest BCUT2D eigenvalue weighted by Gasteiger charge is 2.54. The molecule has 3 rings (SSSR count). The Morgan fingerprint density at radius 3 is 2.35 bits per heavy atom. The van der Waals surface area contributed by atoms with Crippen molar-refractivity contribution in [3.63, 3.8) is 0 Å². The van der Waals surface area contributed by atoms with Gasteiger partial charge in [0.25, 0.3) is 0 Å². The molecule has 0 aromatic carbocycles. The van der Waals surface area contributed by atoms with Crippen molar-refractivity contribution in [3.05, 3.63) is 17.7 Å². The van der Waals surface area contributed by atoms with E-state index in [0.717, 1.165) is 13.1 Å². The highest BCUT2D eigenvalue weighted by molar-refractivity contribution is 7.97. The summed E-state index contributed by atoms with van der Waals surface area (Å²) in [7, 11) is 0. The molecule has 26 heavy (non-hydrogen) atoms. The van der Waals surface area contributed by atoms with Crippen molar-refractivity contribution in [2.75, 3.05) is 26.2 Å². The van der Waals surface area contributed by atoms with Crippen LogP contribution in [0.5, 0.6) is 0 Å². The second kappa shape index (κ2) is 6.26. The average Bonchev–Trinajstić information content (AvgIpc) is 2.38. The molecule has 10 heteroatoms. The number of aryl methyl sites for hydroxylation is 1. The Kier molecular flexibility index (Phi) is 4.63. The Balaban J connectivity index is 1.49. The zero-order valence-electron chi connectivity index (χ0n) is 15.1. The van der Waals surface area contributed by atoms with E-state index in [1.807, 2.05) is 25.1 Å². The van der Waals surface area contributed by atoms with Crippen LogP contribution in [0.15, 0.2) is 11.1 Å². The SMILES string of the molecule is Cc1nc(C(F)(F)F)ncc1SN1CC2(C1)CN(C(=O)OC(C)(C)C)C2. The number of halogens is 3. The Hall–Kier alpha value is -1.55. The fourth-order valence-electron chi connectivity index (χ4n) is 3.01. The molecule has 0 aliphatic carbocycles. The molecule has 144 valence electrons. The van der Waals surface area contributed by atoms with Crippen LogP contribution >= 0.6 is 11.9 Å². The summed E-state index contributed by atoms with van der Waals surface area (Å²) in [6, 6.07) is 0. The molecule has 0 radical (unpaired) electrons. The molecule has 2 fully saturated rings. The number of carbonyl (C=O) groups is 1. The predicted octanol–water partition coefficient (Wildman–Crippen LogP) is 3.36. The van der Waals surface area contributed by atoms with E-state index in [4.69, 9.17) is 4.74 Å². The second-order valence-corrected chi connectivity index (χ2v) is 9.01. The number of nitrogens with zero attached hydrogens (tertiary/aromatic N) is 4. The molecule has 0 bridgehead atoms. The number of rotatable bonds is 2. The minimum absolute atomic E-state index is 0.0601. The molecule has 1 amide bonds. The number of aromatic nitrogens is 2. The molecule has 0 atom stereocenters. The molecule has 1 aromatic heterocycles. The van der Waals surface area contributed by atoms with E-state index in [9.17, 15) is 18.0 Å². The lowest BCUT2D eigenvalue weighted by Crippen LogP contribution is -2.71. The highest BCUT2D eigenvalue weighted by atomic mass is 32.2. The lowest BCUT2D eigenvalue weighted by molar-refractivity contribution is -0.145. The number of hydrogen-bond acceptors (Lipinski definition) is 6. The van der Waals surface area contributed by atoms with Crippen molar-refractivity contribution in [2.24, 2.45) is 5.41 Å². The van der Waals surface area contributed by atoms with Crippen molar-refractivity contribution in [3.8, 4) is 0 Å². The van der Waals surface area contributed by atoms with E-state index >= 15 is 0 Å². The number of likely N-dealkylation sites (tertiary alicyclic amines) is 1. The van der Waals surface area contributed by atoms with E-state index in [1.54, 1.807) is 11.8 Å². The van der Waals surface area contributed by atoms with Crippen LogP contribution in [0, 0.1) is 12.3 Å². The van der Waals surface area contributed by atoms with Gasteiger partial charge >= 0.3 is 12.3 Å². The molecule has 3 heterocycles. The van der Waals surface area contributed by atoms with Gasteiger partial charge < -0.3 is 9.64 Å². The normalized spacial score (nSPS) is 19.9. The van der Waals surface area contributed by atoms with Crippen LogP contribution in [-0.2, 0) is 10.9 Å². The van der Waals surface area contributed by atoms with Crippen molar-refractivity contribution in [1.29, 1.82) is 0 Å². The van der Waals surface area contributed by atoms with Crippen LogP contribution in [0.2, 0.25) is 0 Å². The highest BCUT2D eigenvalue weighted by Crippen LogP contribution is 2.45. The number of amides is 1. The molecule has 2 aliphatic rings. The zero-order chi connectivity index (χ0) is 19.3. The molecular formula is C16H21F3N4O2S. The molecule has 1 aromatic rings. The molecule has 0 N–H and O–H groups in total. The van der Waals surface area contributed by atoms with Crippen molar-refractivity contribution < 1.29 is 22.7 Å². The summed E-state index contributed by atoms with van der Waals surface area (Å²) >= 11 is 1.35. The van der Waals surface area contributed by atoms with Gasteiger partial charge in [0, 0.05) is 37.8 Å². The summed E-state index contributed by atoms with van der Waals surface area (Å²) in [5.74, 6) is -1.12. The lowest BCUT2D eigenvalue weighted by atomic mass is 9.75. The van der Waals surface area contributed by atoms with Gasteiger partial charge in [0.05, 0.1) is 10.6 Å². The van der Waals surface area contributed by atoms with Crippen LogP contribution in [0.3, 0.4) is 0 Å². The summed E-state index contributed by atoms with van der Waals surface area (Å²) < 4.78 is 45.2. The molecule has 2 aliphatic heterocycles. The van der Waals surface area contributed by atoms with Gasteiger partial charge in [-0.25, -0.2) is 19.1 Å². The molecule has 1 spiro atoms. The number of ether oxygens (including phenoxy) is 1. The van der Waals surface area contributed by atoms with Gasteiger partial charge in [0.15, 0.2) is 0 Å². The first kappa shape index (κ1) is 19.2. The second-order valence-electron chi connectivity index (χ2n) is 7.87. The molecule has 2 saturated heterocycles. The van der Waals surface area contributed by atoms with Crippen LogP contribution in [-0.4, -0.2) is 57.0 Å². The zero-order valence-corrected chi connectivity index (χ0v) is 15.9. The Morgan fingerprint density at radius 2 is 1.85 bits per heavy atom. The monoisotopic (exact) mass is 390 g/mol. The van der Waals surface area contributed by atoms with Crippen molar-refractivity contribution in [2.45, 2.75) is 44.4 Å². The number of alkyl halides is 3. The van der Waals surface area contributed by atoms with E-state index in [0.29, 0.717) is 23.7 Å². The van der Waals surface area contributed by atoms with Gasteiger partial charge in [0.1, 0.15) is 5.60 Å². The third-order valence-corrected chi connectivity index (χ3v) is 5.26. The predicted molar refractivity (Wildman–Crippen MR) is 89.4 cm³/mol. The molecule has 0 saturated carbocycles. The first-order chi connectivity index (χ1) is 11.9. The quantitative estimate of drug-likeness (QED) is 0.722. The molecule has 6 nitrogen and oxygen atoms in total. The van der Waals surface area contributed by atoms with E-state index < -0.39 is 17.6 Å². The summed E-state index contributed by atoms with van der Waals surface area (Å²) in [6.45, 7) is 9.84. The van der Waals surface area contributed by atoms with E-state index in [1.165, 1.54) is 18.1 Å². The average molecular weight is 390 g/mol. The third-order valence-electron chi connectivity index (χ3n) is 4.14. The first-order valence-electron chi connectivity index (χ1n) is 8.19. The van der Waals surface area contributed by atoms with Crippen LogP contribution in [0.1, 0.15) is 32.3 Å². The van der Waals surface area contributed by atoms with Gasteiger partial charge in [-0.15, -0.1) is 0 Å². The maximum atomic E-state index is 12.6. The van der Waals surface area contributed by atoms with Crippen LogP contribution in [0.25, 0.3) is 0 Å². The Labute approximate surface area is 154 Å². The fourth-order valence-corrected chi connectivity index (χ4v) is 4.24. The largest absolute Gasteiger partial charge is 0.451 e. The van der Waals surface area contributed by atoms with E-state index in [2.05, 4.69) is 9.97 Å². The first-order valence-corrected chi connectivity index (χ1v) is 8.96. The van der Waals surface area contributed by atoms with Crippen LogP contribution < -0.4 is 0 Å².